The van der Waals surface area contributed by atoms with Crippen LogP contribution in [0.3, 0.4) is 0 Å². The van der Waals surface area contributed by atoms with Gasteiger partial charge in [0.15, 0.2) is 11.5 Å². The topological polar surface area (TPSA) is 74.6 Å². The number of aromatic nitrogens is 2. The van der Waals surface area contributed by atoms with Gasteiger partial charge < -0.3 is 19.5 Å². The summed E-state index contributed by atoms with van der Waals surface area (Å²) in [6.07, 6.45) is 2.17. The van der Waals surface area contributed by atoms with Crippen LogP contribution in [-0.4, -0.2) is 37.0 Å². The highest BCUT2D eigenvalue weighted by Gasteiger charge is 2.16. The Morgan fingerprint density at radius 3 is 2.09 bits per heavy atom. The van der Waals surface area contributed by atoms with Crippen LogP contribution in [0.1, 0.15) is 16.7 Å². The van der Waals surface area contributed by atoms with E-state index >= 15 is 0 Å². The number of benzene rings is 3. The van der Waals surface area contributed by atoms with Gasteiger partial charge in [-0.3, -0.25) is 9.48 Å². The maximum atomic E-state index is 12.8. The molecule has 1 aromatic heterocycles. The van der Waals surface area contributed by atoms with Crippen LogP contribution in [0.25, 0.3) is 11.3 Å². The van der Waals surface area contributed by atoms with E-state index in [1.165, 1.54) is 0 Å². The summed E-state index contributed by atoms with van der Waals surface area (Å²) in [7, 11) is 4.66. The average Bonchev–Trinajstić information content (AvgIpc) is 3.30. The second-order valence-electron chi connectivity index (χ2n) is 8.04. The molecular weight excluding hydrogens is 442 g/mol. The van der Waals surface area contributed by atoms with Gasteiger partial charge in [0.25, 0.3) is 0 Å². The van der Waals surface area contributed by atoms with Crippen molar-refractivity contribution in [3.63, 3.8) is 0 Å². The molecule has 180 valence electrons. The van der Waals surface area contributed by atoms with E-state index in [9.17, 15) is 4.79 Å². The van der Waals surface area contributed by atoms with Gasteiger partial charge in [-0.15, -0.1) is 0 Å². The molecule has 0 unspecified atom stereocenters. The zero-order chi connectivity index (χ0) is 24.6. The van der Waals surface area contributed by atoms with Gasteiger partial charge in [0.2, 0.25) is 11.7 Å². The molecule has 0 aliphatic heterocycles. The van der Waals surface area contributed by atoms with E-state index in [1.54, 1.807) is 33.5 Å². The lowest BCUT2D eigenvalue weighted by Crippen LogP contribution is -2.24. The molecule has 0 saturated carbocycles. The maximum absolute atomic E-state index is 12.8. The summed E-state index contributed by atoms with van der Waals surface area (Å²) in [6.45, 7) is 1.02. The highest BCUT2D eigenvalue weighted by atomic mass is 16.5. The Kier molecular flexibility index (Phi) is 7.67. The molecule has 7 heteroatoms. The number of carbonyl (C=O) groups is 1. The van der Waals surface area contributed by atoms with E-state index in [0.717, 1.165) is 27.9 Å². The van der Waals surface area contributed by atoms with Gasteiger partial charge in [-0.1, -0.05) is 60.7 Å². The fraction of sp³-hybridized carbons (Fsp3) is 0.214. The summed E-state index contributed by atoms with van der Waals surface area (Å²) in [6, 6.07) is 23.7. The summed E-state index contributed by atoms with van der Waals surface area (Å²) in [5.74, 6) is 1.41. The standard InChI is InChI=1S/C28H29N3O4/c1-33-24-14-21(15-25(34-2)28(24)35-3)16-26(32)29-17-23-19-31(18-20-10-6-4-7-11-20)30-27(23)22-12-8-5-9-13-22/h4-15,19H,16-18H2,1-3H3,(H,29,32). The number of rotatable bonds is 10. The minimum Gasteiger partial charge on any atom is -0.493 e. The van der Waals surface area contributed by atoms with Gasteiger partial charge in [0.05, 0.1) is 40.0 Å². The van der Waals surface area contributed by atoms with Gasteiger partial charge >= 0.3 is 0 Å². The van der Waals surface area contributed by atoms with Crippen LogP contribution in [0.15, 0.2) is 79.0 Å². The molecule has 4 aromatic rings. The predicted octanol–water partition coefficient (Wildman–Crippen LogP) is 4.48. The number of methoxy groups -OCH3 is 3. The SMILES string of the molecule is COc1cc(CC(=O)NCc2cn(Cc3ccccc3)nc2-c2ccccc2)cc(OC)c1OC. The smallest absolute Gasteiger partial charge is 0.224 e. The first kappa shape index (κ1) is 23.9. The van der Waals surface area contributed by atoms with E-state index in [1.807, 2.05) is 59.4 Å². The van der Waals surface area contributed by atoms with Crippen molar-refractivity contribution in [1.82, 2.24) is 15.1 Å². The molecule has 0 aliphatic carbocycles. The lowest BCUT2D eigenvalue weighted by molar-refractivity contribution is -0.120. The fourth-order valence-corrected chi connectivity index (χ4v) is 3.96. The second kappa shape index (κ2) is 11.2. The minimum atomic E-state index is -0.117. The molecule has 0 bridgehead atoms. The van der Waals surface area contributed by atoms with E-state index in [4.69, 9.17) is 19.3 Å². The van der Waals surface area contributed by atoms with E-state index in [2.05, 4.69) is 17.4 Å². The Bertz CT molecular complexity index is 1250. The third-order valence-electron chi connectivity index (χ3n) is 5.64. The van der Waals surface area contributed by atoms with Gasteiger partial charge in [-0.25, -0.2) is 0 Å². The van der Waals surface area contributed by atoms with Crippen molar-refractivity contribution in [1.29, 1.82) is 0 Å². The van der Waals surface area contributed by atoms with Crippen molar-refractivity contribution in [2.75, 3.05) is 21.3 Å². The Labute approximate surface area is 205 Å². The number of hydrogen-bond donors (Lipinski definition) is 1. The molecule has 0 spiro atoms. The van der Waals surface area contributed by atoms with Gasteiger partial charge in [-0.05, 0) is 23.3 Å². The van der Waals surface area contributed by atoms with Crippen LogP contribution >= 0.6 is 0 Å². The lowest BCUT2D eigenvalue weighted by Gasteiger charge is -2.14. The quantitative estimate of drug-likeness (QED) is 0.369. The monoisotopic (exact) mass is 471 g/mol. The zero-order valence-electron chi connectivity index (χ0n) is 20.2. The largest absolute Gasteiger partial charge is 0.493 e. The first-order valence-electron chi connectivity index (χ1n) is 11.3. The molecule has 0 saturated heterocycles. The van der Waals surface area contributed by atoms with Gasteiger partial charge in [0.1, 0.15) is 0 Å². The van der Waals surface area contributed by atoms with Crippen LogP contribution in [0.4, 0.5) is 0 Å². The van der Waals surface area contributed by atoms with Gasteiger partial charge in [0, 0.05) is 23.9 Å². The van der Waals surface area contributed by atoms with E-state index < -0.39 is 0 Å². The first-order chi connectivity index (χ1) is 17.1. The first-order valence-corrected chi connectivity index (χ1v) is 11.3. The molecule has 0 fully saturated rings. The number of nitrogens with one attached hydrogen (secondary N) is 1. The molecular formula is C28H29N3O4. The molecule has 3 aromatic carbocycles. The van der Waals surface area contributed by atoms with E-state index in [-0.39, 0.29) is 12.3 Å². The molecule has 35 heavy (non-hydrogen) atoms. The minimum absolute atomic E-state index is 0.117. The third kappa shape index (κ3) is 5.81. The third-order valence-corrected chi connectivity index (χ3v) is 5.64. The van der Waals surface area contributed by atoms with Crippen molar-refractivity contribution >= 4 is 5.91 Å². The van der Waals surface area contributed by atoms with Crippen LogP contribution in [-0.2, 0) is 24.3 Å². The number of nitrogens with zero attached hydrogens (tertiary/aromatic N) is 2. The Hall–Kier alpha value is -4.26. The summed E-state index contributed by atoms with van der Waals surface area (Å²) in [4.78, 5) is 12.8. The van der Waals surface area contributed by atoms with Crippen molar-refractivity contribution in [3.05, 3.63) is 95.7 Å². The molecule has 1 amide bonds. The average molecular weight is 472 g/mol. The predicted molar refractivity (Wildman–Crippen MR) is 135 cm³/mol. The molecule has 0 radical (unpaired) electrons. The highest BCUT2D eigenvalue weighted by molar-refractivity contribution is 5.79. The Balaban J connectivity index is 1.51. The lowest BCUT2D eigenvalue weighted by atomic mass is 10.1. The zero-order valence-corrected chi connectivity index (χ0v) is 20.2. The molecule has 0 aliphatic rings. The molecule has 7 nitrogen and oxygen atoms in total. The highest BCUT2D eigenvalue weighted by Crippen LogP contribution is 2.38. The number of amides is 1. The fourth-order valence-electron chi connectivity index (χ4n) is 3.96. The summed E-state index contributed by atoms with van der Waals surface area (Å²) in [5.41, 5.74) is 4.74. The van der Waals surface area contributed by atoms with Crippen LogP contribution in [0, 0.1) is 0 Å². The molecule has 0 atom stereocenters. The number of carbonyl (C=O) groups excluding carboxylic acids is 1. The summed E-state index contributed by atoms with van der Waals surface area (Å²) in [5, 5.41) is 7.85. The molecule has 4 rings (SSSR count). The molecule has 1 N–H and O–H groups in total. The van der Waals surface area contributed by atoms with Crippen molar-refractivity contribution in [2.24, 2.45) is 0 Å². The maximum Gasteiger partial charge on any atom is 0.224 e. The van der Waals surface area contributed by atoms with Crippen LogP contribution < -0.4 is 19.5 Å². The number of hydrogen-bond acceptors (Lipinski definition) is 5. The van der Waals surface area contributed by atoms with E-state index in [0.29, 0.717) is 30.3 Å². The summed E-state index contributed by atoms with van der Waals surface area (Å²) < 4.78 is 18.1. The Morgan fingerprint density at radius 2 is 1.49 bits per heavy atom. The summed E-state index contributed by atoms with van der Waals surface area (Å²) >= 11 is 0. The normalized spacial score (nSPS) is 10.6. The van der Waals surface area contributed by atoms with Gasteiger partial charge in [-0.2, -0.15) is 5.10 Å². The van der Waals surface area contributed by atoms with Crippen molar-refractivity contribution < 1.29 is 19.0 Å². The van der Waals surface area contributed by atoms with Crippen molar-refractivity contribution in [3.8, 4) is 28.5 Å². The molecule has 1 heterocycles. The van der Waals surface area contributed by atoms with Crippen LogP contribution in [0.5, 0.6) is 17.2 Å². The Morgan fingerprint density at radius 1 is 0.857 bits per heavy atom. The van der Waals surface area contributed by atoms with Crippen molar-refractivity contribution in [2.45, 2.75) is 19.5 Å². The number of ether oxygens (including phenoxy) is 3. The van der Waals surface area contributed by atoms with Crippen LogP contribution in [0.2, 0.25) is 0 Å². The second-order valence-corrected chi connectivity index (χ2v) is 8.04.